The summed E-state index contributed by atoms with van der Waals surface area (Å²) in [4.78, 5) is 10.8. The van der Waals surface area contributed by atoms with Gasteiger partial charge in [0, 0.05) is 12.8 Å². The van der Waals surface area contributed by atoms with E-state index in [1.165, 1.54) is 0 Å². The SMILES string of the molecule is CC[CH]C1CCC(=O)CC1. The van der Waals surface area contributed by atoms with Crippen LogP contribution in [0.3, 0.4) is 0 Å². The molecule has 57 valence electrons. The monoisotopic (exact) mass is 139 g/mol. The summed E-state index contributed by atoms with van der Waals surface area (Å²) in [5.41, 5.74) is 0. The molecule has 1 aliphatic rings. The Morgan fingerprint density at radius 1 is 1.50 bits per heavy atom. The van der Waals surface area contributed by atoms with Gasteiger partial charge in [-0.25, -0.2) is 0 Å². The Balaban J connectivity index is 2.19. The summed E-state index contributed by atoms with van der Waals surface area (Å²) in [6.07, 6.45) is 7.34. The van der Waals surface area contributed by atoms with E-state index >= 15 is 0 Å². The number of Topliss-reactive ketones (excluding diaryl/α,β-unsaturated/α-hetero) is 1. The second-order valence-electron chi connectivity index (χ2n) is 3.02. The van der Waals surface area contributed by atoms with Crippen molar-refractivity contribution in [3.63, 3.8) is 0 Å². The molecule has 0 amide bonds. The molecule has 0 spiro atoms. The highest BCUT2D eigenvalue weighted by molar-refractivity contribution is 5.79. The standard InChI is InChI=1S/C9H15O/c1-2-3-8-4-6-9(10)7-5-8/h3,8H,2,4-7H2,1H3. The summed E-state index contributed by atoms with van der Waals surface area (Å²) in [7, 11) is 0. The maximum atomic E-state index is 10.8. The lowest BCUT2D eigenvalue weighted by atomic mass is 9.86. The van der Waals surface area contributed by atoms with E-state index in [0.29, 0.717) is 5.78 Å². The molecule has 1 aliphatic carbocycles. The van der Waals surface area contributed by atoms with E-state index in [1.807, 2.05) is 0 Å². The third-order valence-corrected chi connectivity index (χ3v) is 2.16. The summed E-state index contributed by atoms with van der Waals surface area (Å²) in [6.45, 7) is 2.16. The van der Waals surface area contributed by atoms with Gasteiger partial charge in [0.2, 0.25) is 0 Å². The van der Waals surface area contributed by atoms with Crippen LogP contribution < -0.4 is 0 Å². The fourth-order valence-electron chi connectivity index (χ4n) is 1.53. The number of carbonyl (C=O) groups is 1. The molecule has 1 radical (unpaired) electrons. The van der Waals surface area contributed by atoms with Crippen LogP contribution >= 0.6 is 0 Å². The molecule has 1 heteroatoms. The maximum Gasteiger partial charge on any atom is 0.132 e. The number of hydrogen-bond donors (Lipinski definition) is 0. The summed E-state index contributed by atoms with van der Waals surface area (Å²) in [5, 5.41) is 0. The lowest BCUT2D eigenvalue weighted by molar-refractivity contribution is -0.120. The predicted molar refractivity (Wildman–Crippen MR) is 41.6 cm³/mol. The van der Waals surface area contributed by atoms with Crippen LogP contribution in [0.1, 0.15) is 39.0 Å². The topological polar surface area (TPSA) is 17.1 Å². The molecule has 0 saturated heterocycles. The Labute approximate surface area is 62.8 Å². The van der Waals surface area contributed by atoms with Crippen molar-refractivity contribution in [3.8, 4) is 0 Å². The summed E-state index contributed by atoms with van der Waals surface area (Å²) in [6, 6.07) is 0. The fourth-order valence-corrected chi connectivity index (χ4v) is 1.53. The molecule has 0 heterocycles. The smallest absolute Gasteiger partial charge is 0.132 e. The lowest BCUT2D eigenvalue weighted by Crippen LogP contribution is -2.13. The molecule has 1 saturated carbocycles. The van der Waals surface area contributed by atoms with E-state index in [0.717, 1.165) is 38.0 Å². The van der Waals surface area contributed by atoms with Crippen LogP contribution in [0, 0.1) is 12.3 Å². The second kappa shape index (κ2) is 3.75. The Hall–Kier alpha value is -0.330. The van der Waals surface area contributed by atoms with Gasteiger partial charge in [-0.1, -0.05) is 13.3 Å². The predicted octanol–water partition coefficient (Wildman–Crippen LogP) is 2.36. The van der Waals surface area contributed by atoms with Crippen molar-refractivity contribution in [1.29, 1.82) is 0 Å². The molecular weight excluding hydrogens is 124 g/mol. The zero-order chi connectivity index (χ0) is 7.40. The van der Waals surface area contributed by atoms with Crippen molar-refractivity contribution in [3.05, 3.63) is 6.42 Å². The molecule has 0 aliphatic heterocycles. The first-order valence-electron chi connectivity index (χ1n) is 4.18. The van der Waals surface area contributed by atoms with Crippen molar-refractivity contribution < 1.29 is 4.79 Å². The Morgan fingerprint density at radius 3 is 2.60 bits per heavy atom. The average Bonchev–Trinajstić information content (AvgIpc) is 1.95. The lowest BCUT2D eigenvalue weighted by Gasteiger charge is -2.19. The van der Waals surface area contributed by atoms with Gasteiger partial charge in [0.15, 0.2) is 0 Å². The van der Waals surface area contributed by atoms with Crippen LogP contribution in [0.5, 0.6) is 0 Å². The Morgan fingerprint density at radius 2 is 2.10 bits per heavy atom. The highest BCUT2D eigenvalue weighted by atomic mass is 16.1. The van der Waals surface area contributed by atoms with Gasteiger partial charge in [-0.2, -0.15) is 0 Å². The molecular formula is C9H15O. The minimum Gasteiger partial charge on any atom is -0.300 e. The average molecular weight is 139 g/mol. The molecule has 1 fully saturated rings. The van der Waals surface area contributed by atoms with Gasteiger partial charge in [0.1, 0.15) is 5.78 Å². The second-order valence-corrected chi connectivity index (χ2v) is 3.02. The quantitative estimate of drug-likeness (QED) is 0.574. The van der Waals surface area contributed by atoms with Crippen molar-refractivity contribution in [2.45, 2.75) is 39.0 Å². The molecule has 0 bridgehead atoms. The van der Waals surface area contributed by atoms with Crippen LogP contribution in [-0.2, 0) is 4.79 Å². The third kappa shape index (κ3) is 2.13. The number of carbonyl (C=O) groups excluding carboxylic acids is 1. The van der Waals surface area contributed by atoms with E-state index in [-0.39, 0.29) is 0 Å². The highest BCUT2D eigenvalue weighted by Gasteiger charge is 2.17. The van der Waals surface area contributed by atoms with E-state index in [4.69, 9.17) is 0 Å². The fraction of sp³-hybridized carbons (Fsp3) is 0.778. The zero-order valence-corrected chi connectivity index (χ0v) is 6.60. The van der Waals surface area contributed by atoms with Crippen molar-refractivity contribution in [2.24, 2.45) is 5.92 Å². The number of rotatable bonds is 2. The van der Waals surface area contributed by atoms with Crippen LogP contribution in [0.25, 0.3) is 0 Å². The summed E-state index contributed by atoms with van der Waals surface area (Å²) < 4.78 is 0. The molecule has 0 unspecified atom stereocenters. The maximum absolute atomic E-state index is 10.8. The van der Waals surface area contributed by atoms with Gasteiger partial charge in [0.25, 0.3) is 0 Å². The van der Waals surface area contributed by atoms with Gasteiger partial charge in [-0.3, -0.25) is 4.79 Å². The van der Waals surface area contributed by atoms with E-state index in [1.54, 1.807) is 0 Å². The van der Waals surface area contributed by atoms with Crippen molar-refractivity contribution in [1.82, 2.24) is 0 Å². The van der Waals surface area contributed by atoms with Crippen molar-refractivity contribution >= 4 is 5.78 Å². The van der Waals surface area contributed by atoms with Crippen LogP contribution in [0.4, 0.5) is 0 Å². The third-order valence-electron chi connectivity index (χ3n) is 2.16. The van der Waals surface area contributed by atoms with Crippen LogP contribution in [-0.4, -0.2) is 5.78 Å². The van der Waals surface area contributed by atoms with Crippen LogP contribution in [0.2, 0.25) is 0 Å². The molecule has 1 rings (SSSR count). The Kier molecular flexibility index (Phi) is 2.91. The first-order chi connectivity index (χ1) is 4.83. The van der Waals surface area contributed by atoms with E-state index in [9.17, 15) is 4.79 Å². The minimum atomic E-state index is 0.459. The van der Waals surface area contributed by atoms with Gasteiger partial charge in [-0.05, 0) is 25.2 Å². The van der Waals surface area contributed by atoms with Gasteiger partial charge >= 0.3 is 0 Å². The molecule has 0 N–H and O–H groups in total. The van der Waals surface area contributed by atoms with E-state index in [2.05, 4.69) is 13.3 Å². The normalized spacial score (nSPS) is 21.5. The first-order valence-corrected chi connectivity index (χ1v) is 4.18. The van der Waals surface area contributed by atoms with E-state index < -0.39 is 0 Å². The number of ketones is 1. The van der Waals surface area contributed by atoms with Crippen molar-refractivity contribution in [2.75, 3.05) is 0 Å². The minimum absolute atomic E-state index is 0.459. The molecule has 10 heavy (non-hydrogen) atoms. The van der Waals surface area contributed by atoms with Crippen LogP contribution in [0.15, 0.2) is 0 Å². The summed E-state index contributed by atoms with van der Waals surface area (Å²) >= 11 is 0. The number of hydrogen-bond acceptors (Lipinski definition) is 1. The largest absolute Gasteiger partial charge is 0.300 e. The molecule has 0 aromatic carbocycles. The molecule has 0 aromatic heterocycles. The van der Waals surface area contributed by atoms with Gasteiger partial charge in [-0.15, -0.1) is 0 Å². The molecule has 0 atom stereocenters. The molecule has 1 nitrogen and oxygen atoms in total. The first kappa shape index (κ1) is 7.77. The zero-order valence-electron chi connectivity index (χ0n) is 6.60. The highest BCUT2D eigenvalue weighted by Crippen LogP contribution is 2.24. The Bertz CT molecular complexity index is 108. The molecule has 0 aromatic rings. The van der Waals surface area contributed by atoms with Gasteiger partial charge in [0.05, 0.1) is 0 Å². The summed E-state index contributed by atoms with van der Waals surface area (Å²) in [5.74, 6) is 1.20. The van der Waals surface area contributed by atoms with Gasteiger partial charge < -0.3 is 0 Å².